The van der Waals surface area contributed by atoms with E-state index in [0.29, 0.717) is 33.0 Å². The molecule has 1 aromatic carbocycles. The Morgan fingerprint density at radius 1 is 1.00 bits per heavy atom. The first-order chi connectivity index (χ1) is 8.34. The summed E-state index contributed by atoms with van der Waals surface area (Å²) < 4.78 is 0. The van der Waals surface area contributed by atoms with Crippen LogP contribution in [0.3, 0.4) is 0 Å². The summed E-state index contributed by atoms with van der Waals surface area (Å²) in [4.78, 5) is 17.5. The van der Waals surface area contributed by atoms with Crippen molar-refractivity contribution in [2.24, 2.45) is 30.9 Å². The summed E-state index contributed by atoms with van der Waals surface area (Å²) in [6, 6.07) is 0. The highest BCUT2D eigenvalue weighted by Gasteiger charge is 2.19. The van der Waals surface area contributed by atoms with Gasteiger partial charge >= 0.3 is 5.69 Å². The lowest BCUT2D eigenvalue weighted by Crippen LogP contribution is -2.24. The lowest BCUT2D eigenvalue weighted by atomic mass is 10.1. The van der Waals surface area contributed by atoms with Gasteiger partial charge in [-0.3, -0.25) is 0 Å². The predicted molar refractivity (Wildman–Crippen MR) is 53.7 cm³/mol. The van der Waals surface area contributed by atoms with Gasteiger partial charge in [0, 0.05) is 11.6 Å². The molecule has 9 heteroatoms. The minimum absolute atomic E-state index is 0.464. The number of H-pyrrole nitrogens is 1. The van der Waals surface area contributed by atoms with E-state index in [4.69, 9.17) is 0 Å². The highest BCUT2D eigenvalue weighted by molar-refractivity contribution is 5.96. The molecule has 0 amide bonds. The number of hydrogen-bond acceptors (Lipinski definition) is 8. The van der Waals surface area contributed by atoms with E-state index in [-0.39, 0.29) is 0 Å². The third-order valence-electron chi connectivity index (χ3n) is 2.56. The van der Waals surface area contributed by atoms with Crippen molar-refractivity contribution in [1.29, 1.82) is 0 Å². The molecule has 2 aromatic rings. The van der Waals surface area contributed by atoms with Crippen molar-refractivity contribution in [3.8, 4) is 0 Å². The molecular formula is C8H2N8O. The zero-order valence-electron chi connectivity index (χ0n) is 8.12. The Bertz CT molecular complexity index is 906. The molecule has 0 spiro atoms. The number of fused-ring (bicyclic) bond motifs is 6. The first-order valence-corrected chi connectivity index (χ1v) is 4.67. The maximum absolute atomic E-state index is 11.2. The Hall–Kier alpha value is -2.84. The minimum Gasteiger partial charge on any atom is -0.303 e. The quantitative estimate of drug-likeness (QED) is 0.689. The molecule has 2 aliphatic rings. The van der Waals surface area contributed by atoms with E-state index in [2.05, 4.69) is 40.8 Å². The fourth-order valence-corrected chi connectivity index (χ4v) is 1.84. The molecule has 1 N–H and O–H groups in total. The number of rotatable bonds is 0. The molecule has 0 aliphatic carbocycles. The van der Waals surface area contributed by atoms with Crippen LogP contribution >= 0.6 is 0 Å². The lowest BCUT2D eigenvalue weighted by molar-refractivity contribution is 1.05. The minimum atomic E-state index is -0.464. The Kier molecular flexibility index (Phi) is 1.29. The summed E-state index contributed by atoms with van der Waals surface area (Å²) in [5, 5.41) is 24.2. The lowest BCUT2D eigenvalue weighted by Gasteiger charge is -1.99. The van der Waals surface area contributed by atoms with Gasteiger partial charge in [-0.1, -0.05) is 0 Å². The van der Waals surface area contributed by atoms with Gasteiger partial charge in [0.1, 0.15) is 22.1 Å². The number of benzene rings is 1. The van der Waals surface area contributed by atoms with Crippen LogP contribution in [0.1, 0.15) is 0 Å². The van der Waals surface area contributed by atoms with Crippen LogP contribution in [0.4, 0.5) is 11.4 Å². The summed E-state index contributed by atoms with van der Waals surface area (Å²) in [6.45, 7) is 0. The van der Waals surface area contributed by atoms with E-state index in [1.165, 1.54) is 6.20 Å². The number of nitrogens with zero attached hydrogens (tertiary/aromatic N) is 7. The molecule has 1 aromatic heterocycles. The standard InChI is InChI=1S/C8H2N8O/c17-8-9-1-2-3(10-8)5-7(14-16-12-5)6-4(2)11-15-13-6/h1H,(H,9,10,17). The molecular weight excluding hydrogens is 224 g/mol. The maximum Gasteiger partial charge on any atom is 0.345 e. The molecule has 2 aliphatic heterocycles. The second-order valence-corrected chi connectivity index (χ2v) is 3.45. The van der Waals surface area contributed by atoms with Crippen molar-refractivity contribution in [2.75, 3.05) is 0 Å². The highest BCUT2D eigenvalue weighted by atomic mass is 16.1. The summed E-state index contributed by atoms with van der Waals surface area (Å²) >= 11 is 0. The zero-order valence-corrected chi connectivity index (χ0v) is 8.12. The smallest absolute Gasteiger partial charge is 0.303 e. The third kappa shape index (κ3) is 0.922. The van der Waals surface area contributed by atoms with Gasteiger partial charge in [-0.05, 0) is 10.4 Å². The summed E-state index contributed by atoms with van der Waals surface area (Å²) in [5.74, 6) is 0. The first-order valence-electron chi connectivity index (χ1n) is 4.67. The van der Waals surface area contributed by atoms with Crippen LogP contribution in [0.5, 0.6) is 0 Å². The molecule has 3 heterocycles. The predicted octanol–water partition coefficient (Wildman–Crippen LogP) is 0.187. The van der Waals surface area contributed by atoms with E-state index in [0.717, 1.165) is 0 Å². The molecule has 80 valence electrons. The SMILES string of the molecule is O=c1ncc2c3c(c4c(c2[nH]1)N=NN=4)=NN=N3. The molecule has 0 unspecified atom stereocenters. The molecule has 17 heavy (non-hydrogen) atoms. The van der Waals surface area contributed by atoms with Crippen LogP contribution < -0.4 is 16.4 Å². The van der Waals surface area contributed by atoms with Crippen LogP contribution in [0.15, 0.2) is 41.9 Å². The van der Waals surface area contributed by atoms with Crippen LogP contribution in [-0.4, -0.2) is 9.97 Å². The fourth-order valence-electron chi connectivity index (χ4n) is 1.84. The second-order valence-electron chi connectivity index (χ2n) is 3.45. The average Bonchev–Trinajstić information content (AvgIpc) is 2.97. The van der Waals surface area contributed by atoms with Crippen molar-refractivity contribution in [2.45, 2.75) is 0 Å². The van der Waals surface area contributed by atoms with E-state index in [1.807, 2.05) is 0 Å². The van der Waals surface area contributed by atoms with Crippen molar-refractivity contribution >= 4 is 22.3 Å². The van der Waals surface area contributed by atoms with Crippen LogP contribution in [0.25, 0.3) is 10.9 Å². The molecule has 0 bridgehead atoms. The van der Waals surface area contributed by atoms with Crippen LogP contribution in [-0.2, 0) is 0 Å². The summed E-state index contributed by atoms with van der Waals surface area (Å²) in [7, 11) is 0. The van der Waals surface area contributed by atoms with Gasteiger partial charge in [-0.15, -0.1) is 20.4 Å². The number of aromatic amines is 1. The summed E-state index contributed by atoms with van der Waals surface area (Å²) in [6.07, 6.45) is 1.42. The number of hydrogen-bond donors (Lipinski definition) is 1. The van der Waals surface area contributed by atoms with Crippen molar-refractivity contribution in [3.05, 3.63) is 27.4 Å². The average molecular weight is 226 g/mol. The van der Waals surface area contributed by atoms with Gasteiger partial charge in [0.25, 0.3) is 0 Å². The van der Waals surface area contributed by atoms with E-state index < -0.39 is 5.69 Å². The second kappa shape index (κ2) is 2.64. The van der Waals surface area contributed by atoms with Gasteiger partial charge in [0.15, 0.2) is 0 Å². The normalized spacial score (nSPS) is 14.6. The summed E-state index contributed by atoms with van der Waals surface area (Å²) in [5.41, 5.74) is 1.03. The van der Waals surface area contributed by atoms with Gasteiger partial charge in [0.05, 0.1) is 5.52 Å². The van der Waals surface area contributed by atoms with Gasteiger partial charge in [-0.2, -0.15) is 0 Å². The molecule has 0 saturated heterocycles. The fraction of sp³-hybridized carbons (Fsp3) is 0. The van der Waals surface area contributed by atoms with E-state index >= 15 is 0 Å². The molecule has 0 atom stereocenters. The Labute approximate surface area is 91.3 Å². The van der Waals surface area contributed by atoms with Crippen molar-refractivity contribution in [1.82, 2.24) is 9.97 Å². The van der Waals surface area contributed by atoms with Gasteiger partial charge < -0.3 is 4.98 Å². The zero-order chi connectivity index (χ0) is 11.4. The molecule has 9 nitrogen and oxygen atoms in total. The number of nitrogens with one attached hydrogen (secondary N) is 1. The maximum atomic E-state index is 11.2. The molecule has 4 rings (SSSR count). The van der Waals surface area contributed by atoms with Crippen LogP contribution in [0.2, 0.25) is 0 Å². The largest absolute Gasteiger partial charge is 0.345 e. The van der Waals surface area contributed by atoms with E-state index in [1.54, 1.807) is 0 Å². The Morgan fingerprint density at radius 3 is 2.53 bits per heavy atom. The van der Waals surface area contributed by atoms with Gasteiger partial charge in [-0.25, -0.2) is 9.78 Å². The Balaban J connectivity index is 2.43. The molecule has 0 saturated carbocycles. The van der Waals surface area contributed by atoms with Gasteiger partial charge in [0.2, 0.25) is 0 Å². The topological polar surface area (TPSA) is 120 Å². The van der Waals surface area contributed by atoms with E-state index in [9.17, 15) is 4.79 Å². The highest BCUT2D eigenvalue weighted by Crippen LogP contribution is 2.27. The molecule has 0 fully saturated rings. The first kappa shape index (κ1) is 8.33. The third-order valence-corrected chi connectivity index (χ3v) is 2.56. The number of aromatic nitrogens is 2. The molecule has 0 radical (unpaired) electrons. The van der Waals surface area contributed by atoms with Crippen molar-refractivity contribution < 1.29 is 0 Å². The van der Waals surface area contributed by atoms with Crippen LogP contribution in [0, 0.1) is 0 Å². The monoisotopic (exact) mass is 226 g/mol. The Morgan fingerprint density at radius 2 is 1.71 bits per heavy atom. The van der Waals surface area contributed by atoms with Crippen molar-refractivity contribution in [3.63, 3.8) is 0 Å².